The Kier molecular flexibility index (Phi) is 5.41. The molecule has 4 nitrogen and oxygen atoms in total. The lowest BCUT2D eigenvalue weighted by atomic mass is 10.0. The second kappa shape index (κ2) is 7.60. The predicted octanol–water partition coefficient (Wildman–Crippen LogP) is 3.83. The lowest BCUT2D eigenvalue weighted by Gasteiger charge is -2.16. The maximum atomic E-state index is 13.7. The molecule has 1 saturated carbocycles. The van der Waals surface area contributed by atoms with E-state index in [0.717, 1.165) is 11.6 Å². The molecule has 3 rings (SSSR count). The third kappa shape index (κ3) is 4.08. The van der Waals surface area contributed by atoms with Gasteiger partial charge in [0, 0.05) is 11.6 Å². The molecule has 0 unspecified atom stereocenters. The molecule has 2 amide bonds. The van der Waals surface area contributed by atoms with Gasteiger partial charge in [-0.25, -0.2) is 13.2 Å². The number of benzene rings is 2. The molecule has 1 aliphatic rings. The van der Waals surface area contributed by atoms with E-state index in [1.807, 2.05) is 6.07 Å². The van der Waals surface area contributed by atoms with Crippen molar-refractivity contribution in [1.82, 2.24) is 5.32 Å². The lowest BCUT2D eigenvalue weighted by molar-refractivity contribution is -0.134. The van der Waals surface area contributed by atoms with Crippen molar-refractivity contribution in [3.8, 4) is 0 Å². The first-order valence-electron chi connectivity index (χ1n) is 8.31. The van der Waals surface area contributed by atoms with E-state index < -0.39 is 40.4 Å². The van der Waals surface area contributed by atoms with Gasteiger partial charge in [0.1, 0.15) is 5.41 Å². The van der Waals surface area contributed by atoms with Crippen molar-refractivity contribution < 1.29 is 22.8 Å². The Morgan fingerprint density at radius 1 is 1.04 bits per heavy atom. The highest BCUT2D eigenvalue weighted by Gasteiger charge is 2.56. The Hall–Kier alpha value is -2.54. The number of nitrogens with one attached hydrogen (secondary N) is 2. The Bertz CT molecular complexity index is 901. The SMILES string of the molecule is O=C(NCCc1cccc(Cl)c1)C1(C(=O)Nc2ccc(F)c(F)c2F)CC1. The van der Waals surface area contributed by atoms with E-state index in [2.05, 4.69) is 10.6 Å². The van der Waals surface area contributed by atoms with Crippen molar-refractivity contribution in [2.45, 2.75) is 19.3 Å². The molecule has 0 bridgehead atoms. The number of carbonyl (C=O) groups is 2. The van der Waals surface area contributed by atoms with E-state index in [-0.39, 0.29) is 0 Å². The number of hydrogen-bond donors (Lipinski definition) is 2. The fourth-order valence-electron chi connectivity index (χ4n) is 2.73. The molecule has 0 spiro atoms. The van der Waals surface area contributed by atoms with Crippen LogP contribution in [0.4, 0.5) is 18.9 Å². The highest BCUT2D eigenvalue weighted by Crippen LogP contribution is 2.47. The summed E-state index contributed by atoms with van der Waals surface area (Å²) in [7, 11) is 0. The highest BCUT2D eigenvalue weighted by molar-refractivity contribution is 6.30. The van der Waals surface area contributed by atoms with Crippen LogP contribution in [0, 0.1) is 22.9 Å². The fraction of sp³-hybridized carbons (Fsp3) is 0.263. The third-order valence-electron chi connectivity index (χ3n) is 4.49. The van der Waals surface area contributed by atoms with E-state index in [1.165, 1.54) is 0 Å². The van der Waals surface area contributed by atoms with Crippen molar-refractivity contribution in [2.24, 2.45) is 5.41 Å². The predicted molar refractivity (Wildman–Crippen MR) is 94.8 cm³/mol. The third-order valence-corrected chi connectivity index (χ3v) is 4.73. The van der Waals surface area contributed by atoms with Crippen LogP contribution in [0.3, 0.4) is 0 Å². The summed E-state index contributed by atoms with van der Waals surface area (Å²) in [5.74, 6) is -5.76. The Morgan fingerprint density at radius 2 is 1.78 bits per heavy atom. The lowest BCUT2D eigenvalue weighted by Crippen LogP contribution is -2.40. The van der Waals surface area contributed by atoms with Crippen LogP contribution in [0.1, 0.15) is 18.4 Å². The minimum absolute atomic E-state index is 0.299. The molecule has 0 aromatic heterocycles. The zero-order valence-electron chi connectivity index (χ0n) is 14.1. The van der Waals surface area contributed by atoms with Crippen LogP contribution in [0.25, 0.3) is 0 Å². The van der Waals surface area contributed by atoms with Crippen LogP contribution in [-0.4, -0.2) is 18.4 Å². The molecule has 1 aliphatic carbocycles. The van der Waals surface area contributed by atoms with Gasteiger partial charge in [0.05, 0.1) is 5.69 Å². The summed E-state index contributed by atoms with van der Waals surface area (Å²) in [6.07, 6.45) is 1.13. The molecule has 0 radical (unpaired) electrons. The van der Waals surface area contributed by atoms with Gasteiger partial charge in [-0.3, -0.25) is 9.59 Å². The van der Waals surface area contributed by atoms with Crippen LogP contribution in [0.5, 0.6) is 0 Å². The molecule has 8 heteroatoms. The van der Waals surface area contributed by atoms with Crippen molar-refractivity contribution in [3.05, 3.63) is 64.4 Å². The van der Waals surface area contributed by atoms with Crippen molar-refractivity contribution in [2.75, 3.05) is 11.9 Å². The summed E-state index contributed by atoms with van der Waals surface area (Å²) in [4.78, 5) is 24.8. The molecule has 0 aliphatic heterocycles. The first kappa shape index (κ1) is 19.2. The van der Waals surface area contributed by atoms with Crippen LogP contribution in [0.2, 0.25) is 5.02 Å². The normalized spacial score (nSPS) is 14.5. The van der Waals surface area contributed by atoms with Gasteiger partial charge in [0.25, 0.3) is 0 Å². The van der Waals surface area contributed by atoms with E-state index in [9.17, 15) is 22.8 Å². The van der Waals surface area contributed by atoms with Crippen molar-refractivity contribution in [3.63, 3.8) is 0 Å². The van der Waals surface area contributed by atoms with Gasteiger partial charge in [-0.15, -0.1) is 0 Å². The molecule has 0 saturated heterocycles. The minimum Gasteiger partial charge on any atom is -0.355 e. The smallest absolute Gasteiger partial charge is 0.240 e. The number of carbonyl (C=O) groups excluding carboxylic acids is 2. The minimum atomic E-state index is -1.68. The molecular weight excluding hydrogens is 381 g/mol. The van der Waals surface area contributed by atoms with Crippen LogP contribution < -0.4 is 10.6 Å². The maximum absolute atomic E-state index is 13.7. The summed E-state index contributed by atoms with van der Waals surface area (Å²) in [5, 5.41) is 5.45. The molecule has 2 aromatic rings. The van der Waals surface area contributed by atoms with Crippen LogP contribution in [0.15, 0.2) is 36.4 Å². The van der Waals surface area contributed by atoms with Gasteiger partial charge >= 0.3 is 0 Å². The molecule has 142 valence electrons. The molecule has 2 N–H and O–H groups in total. The average molecular weight is 397 g/mol. The number of amides is 2. The van der Waals surface area contributed by atoms with Gasteiger partial charge in [0.2, 0.25) is 11.8 Å². The van der Waals surface area contributed by atoms with E-state index in [0.29, 0.717) is 36.9 Å². The number of hydrogen-bond acceptors (Lipinski definition) is 2. The monoisotopic (exact) mass is 396 g/mol. The summed E-state index contributed by atoms with van der Waals surface area (Å²) in [6.45, 7) is 0.299. The molecule has 2 aromatic carbocycles. The fourth-order valence-corrected chi connectivity index (χ4v) is 2.94. The Morgan fingerprint density at radius 3 is 2.44 bits per heavy atom. The van der Waals surface area contributed by atoms with Gasteiger partial charge in [-0.2, -0.15) is 0 Å². The molecule has 1 fully saturated rings. The van der Waals surface area contributed by atoms with Crippen molar-refractivity contribution in [1.29, 1.82) is 0 Å². The first-order valence-corrected chi connectivity index (χ1v) is 8.69. The molecule has 27 heavy (non-hydrogen) atoms. The summed E-state index contributed by atoms with van der Waals surface area (Å²) in [6, 6.07) is 8.80. The Labute approximate surface area is 158 Å². The van der Waals surface area contributed by atoms with Gasteiger partial charge in [-0.1, -0.05) is 23.7 Å². The molecule has 0 heterocycles. The second-order valence-corrected chi connectivity index (χ2v) is 6.83. The quantitative estimate of drug-likeness (QED) is 0.576. The highest BCUT2D eigenvalue weighted by atomic mass is 35.5. The van der Waals surface area contributed by atoms with Crippen LogP contribution in [-0.2, 0) is 16.0 Å². The van der Waals surface area contributed by atoms with E-state index >= 15 is 0 Å². The number of anilines is 1. The van der Waals surface area contributed by atoms with Gasteiger partial charge < -0.3 is 10.6 Å². The molecule has 0 atom stereocenters. The zero-order valence-corrected chi connectivity index (χ0v) is 14.9. The van der Waals surface area contributed by atoms with Crippen LogP contribution >= 0.6 is 11.6 Å². The second-order valence-electron chi connectivity index (χ2n) is 6.39. The van der Waals surface area contributed by atoms with Gasteiger partial charge in [-0.05, 0) is 49.1 Å². The maximum Gasteiger partial charge on any atom is 0.240 e. The topological polar surface area (TPSA) is 58.2 Å². The largest absolute Gasteiger partial charge is 0.355 e. The van der Waals surface area contributed by atoms with E-state index in [4.69, 9.17) is 11.6 Å². The zero-order chi connectivity index (χ0) is 19.6. The first-order chi connectivity index (χ1) is 12.8. The summed E-state index contributed by atoms with van der Waals surface area (Å²) in [5.41, 5.74) is -0.885. The van der Waals surface area contributed by atoms with E-state index in [1.54, 1.807) is 18.2 Å². The summed E-state index contributed by atoms with van der Waals surface area (Å²) < 4.78 is 40.0. The standard InChI is InChI=1S/C19H16ClF3N2O2/c20-12-3-1-2-11(10-12)6-9-24-17(26)19(7-8-19)18(27)25-14-5-4-13(21)15(22)16(14)23/h1-5,10H,6-9H2,(H,24,26)(H,25,27). The number of rotatable bonds is 6. The van der Waals surface area contributed by atoms with Crippen molar-refractivity contribution >= 4 is 29.1 Å². The molecular formula is C19H16ClF3N2O2. The number of halogens is 4. The Balaban J connectivity index is 1.60. The average Bonchev–Trinajstić information content (AvgIpc) is 3.44. The summed E-state index contributed by atoms with van der Waals surface area (Å²) >= 11 is 5.90. The van der Waals surface area contributed by atoms with Gasteiger partial charge in [0.15, 0.2) is 17.5 Å².